The van der Waals surface area contributed by atoms with Gasteiger partial charge in [-0.2, -0.15) is 0 Å². The molecule has 1 aliphatic rings. The Balaban J connectivity index is 1.75. The zero-order chi connectivity index (χ0) is 12.1. The van der Waals surface area contributed by atoms with Gasteiger partial charge in [0.25, 0.3) is 0 Å². The van der Waals surface area contributed by atoms with Crippen molar-refractivity contribution in [3.8, 4) is 0 Å². The summed E-state index contributed by atoms with van der Waals surface area (Å²) in [5.41, 5.74) is 0. The molecule has 0 bridgehead atoms. The van der Waals surface area contributed by atoms with E-state index in [9.17, 15) is 0 Å². The van der Waals surface area contributed by atoms with Gasteiger partial charge in [-0.05, 0) is 58.0 Å². The average Bonchev–Trinajstić information content (AvgIpc) is 2.63. The van der Waals surface area contributed by atoms with Crippen LogP contribution in [0, 0.1) is 6.92 Å². The second-order valence-corrected chi connectivity index (χ2v) is 4.96. The fourth-order valence-electron chi connectivity index (χ4n) is 2.50. The van der Waals surface area contributed by atoms with Crippen LogP contribution >= 0.6 is 0 Å². The summed E-state index contributed by atoms with van der Waals surface area (Å²) in [6, 6.07) is 4.75. The molecule has 1 saturated heterocycles. The Hall–Kier alpha value is -0.800. The van der Waals surface area contributed by atoms with E-state index in [0.717, 1.165) is 18.1 Å². The number of nitrogens with zero attached hydrogens (tertiary/aromatic N) is 1. The van der Waals surface area contributed by atoms with E-state index in [4.69, 9.17) is 4.42 Å². The normalized spacial score (nSPS) is 22.6. The van der Waals surface area contributed by atoms with Crippen LogP contribution in [0.25, 0.3) is 0 Å². The predicted octanol–water partition coefficient (Wildman–Crippen LogP) is 2.55. The quantitative estimate of drug-likeness (QED) is 0.871. The molecular weight excluding hydrogens is 212 g/mol. The van der Waals surface area contributed by atoms with Gasteiger partial charge < -0.3 is 14.6 Å². The fourth-order valence-corrected chi connectivity index (χ4v) is 2.50. The van der Waals surface area contributed by atoms with Crippen molar-refractivity contribution in [3.63, 3.8) is 0 Å². The summed E-state index contributed by atoms with van der Waals surface area (Å²) < 4.78 is 5.58. The smallest absolute Gasteiger partial charge is 0.117 e. The summed E-state index contributed by atoms with van der Waals surface area (Å²) >= 11 is 0. The molecule has 1 aliphatic heterocycles. The standard InChI is InChI=1S/C14H24N2O/c1-3-16-9-4-5-13(8-10-16)15-11-14-7-6-12(2)17-14/h6-7,13,15H,3-5,8-11H2,1-2H3. The summed E-state index contributed by atoms with van der Waals surface area (Å²) in [6.45, 7) is 8.78. The van der Waals surface area contributed by atoms with E-state index in [1.165, 1.54) is 38.9 Å². The third kappa shape index (κ3) is 3.86. The van der Waals surface area contributed by atoms with E-state index < -0.39 is 0 Å². The highest BCUT2D eigenvalue weighted by molar-refractivity contribution is 5.05. The summed E-state index contributed by atoms with van der Waals surface area (Å²) in [6.07, 6.45) is 3.85. The van der Waals surface area contributed by atoms with Gasteiger partial charge in [0.2, 0.25) is 0 Å². The summed E-state index contributed by atoms with van der Waals surface area (Å²) in [5.74, 6) is 2.05. The SMILES string of the molecule is CCN1CCCC(NCc2ccc(C)o2)CC1. The molecule has 3 nitrogen and oxygen atoms in total. The first-order valence-corrected chi connectivity index (χ1v) is 6.79. The topological polar surface area (TPSA) is 28.4 Å². The monoisotopic (exact) mass is 236 g/mol. The molecule has 0 aliphatic carbocycles. The highest BCUT2D eigenvalue weighted by Gasteiger charge is 2.15. The van der Waals surface area contributed by atoms with E-state index in [1.54, 1.807) is 0 Å². The molecule has 0 saturated carbocycles. The second-order valence-electron chi connectivity index (χ2n) is 4.96. The average molecular weight is 236 g/mol. The molecule has 2 heterocycles. The van der Waals surface area contributed by atoms with Gasteiger partial charge in [-0.25, -0.2) is 0 Å². The lowest BCUT2D eigenvalue weighted by atomic mass is 10.1. The van der Waals surface area contributed by atoms with Gasteiger partial charge in [-0.3, -0.25) is 0 Å². The number of aryl methyl sites for hydroxylation is 1. The molecule has 1 aromatic heterocycles. The summed E-state index contributed by atoms with van der Waals surface area (Å²) in [7, 11) is 0. The number of nitrogens with one attached hydrogen (secondary N) is 1. The maximum Gasteiger partial charge on any atom is 0.117 e. The van der Waals surface area contributed by atoms with Crippen molar-refractivity contribution in [1.29, 1.82) is 0 Å². The van der Waals surface area contributed by atoms with E-state index in [-0.39, 0.29) is 0 Å². The molecule has 0 aromatic carbocycles. The number of furan rings is 1. The van der Waals surface area contributed by atoms with Gasteiger partial charge in [0.15, 0.2) is 0 Å². The minimum atomic E-state index is 0.650. The van der Waals surface area contributed by atoms with E-state index in [0.29, 0.717) is 6.04 Å². The summed E-state index contributed by atoms with van der Waals surface area (Å²) in [4.78, 5) is 2.54. The molecule has 3 heteroatoms. The van der Waals surface area contributed by atoms with Crippen molar-refractivity contribution in [3.05, 3.63) is 23.7 Å². The van der Waals surface area contributed by atoms with Crippen LogP contribution in [0.15, 0.2) is 16.5 Å². The lowest BCUT2D eigenvalue weighted by Gasteiger charge is -2.18. The van der Waals surface area contributed by atoms with Crippen molar-refractivity contribution in [2.24, 2.45) is 0 Å². The van der Waals surface area contributed by atoms with Gasteiger partial charge in [-0.1, -0.05) is 6.92 Å². The summed E-state index contributed by atoms with van der Waals surface area (Å²) in [5, 5.41) is 3.62. The molecule has 1 aromatic rings. The first-order valence-electron chi connectivity index (χ1n) is 6.79. The second kappa shape index (κ2) is 6.22. The van der Waals surface area contributed by atoms with Crippen LogP contribution < -0.4 is 5.32 Å². The first-order chi connectivity index (χ1) is 8.28. The highest BCUT2D eigenvalue weighted by Crippen LogP contribution is 2.12. The largest absolute Gasteiger partial charge is 0.465 e. The Morgan fingerprint density at radius 1 is 1.35 bits per heavy atom. The Morgan fingerprint density at radius 3 is 2.94 bits per heavy atom. The van der Waals surface area contributed by atoms with Crippen LogP contribution in [-0.4, -0.2) is 30.6 Å². The first kappa shape index (κ1) is 12.7. The van der Waals surface area contributed by atoms with Crippen molar-refractivity contribution < 1.29 is 4.42 Å². The van der Waals surface area contributed by atoms with Crippen molar-refractivity contribution in [2.45, 2.75) is 45.7 Å². The van der Waals surface area contributed by atoms with Gasteiger partial charge in [-0.15, -0.1) is 0 Å². The minimum Gasteiger partial charge on any atom is -0.465 e. The highest BCUT2D eigenvalue weighted by atomic mass is 16.3. The lowest BCUT2D eigenvalue weighted by Crippen LogP contribution is -2.30. The Morgan fingerprint density at radius 2 is 2.24 bits per heavy atom. The number of hydrogen-bond acceptors (Lipinski definition) is 3. The van der Waals surface area contributed by atoms with Gasteiger partial charge in [0, 0.05) is 6.04 Å². The minimum absolute atomic E-state index is 0.650. The molecule has 17 heavy (non-hydrogen) atoms. The molecule has 0 spiro atoms. The predicted molar refractivity (Wildman–Crippen MR) is 70.0 cm³/mol. The molecule has 0 amide bonds. The van der Waals surface area contributed by atoms with E-state index in [2.05, 4.69) is 23.2 Å². The molecule has 1 N–H and O–H groups in total. The number of rotatable bonds is 4. The van der Waals surface area contributed by atoms with Crippen LogP contribution in [0.2, 0.25) is 0 Å². The maximum absolute atomic E-state index is 5.58. The molecule has 2 rings (SSSR count). The van der Waals surface area contributed by atoms with Crippen LogP contribution in [0.3, 0.4) is 0 Å². The van der Waals surface area contributed by atoms with Crippen LogP contribution in [0.4, 0.5) is 0 Å². The molecule has 0 radical (unpaired) electrons. The zero-order valence-electron chi connectivity index (χ0n) is 11.0. The molecule has 96 valence electrons. The zero-order valence-corrected chi connectivity index (χ0v) is 11.0. The van der Waals surface area contributed by atoms with Crippen molar-refractivity contribution >= 4 is 0 Å². The third-order valence-electron chi connectivity index (χ3n) is 3.63. The molecule has 1 atom stereocenters. The molecule has 1 fully saturated rings. The fraction of sp³-hybridized carbons (Fsp3) is 0.714. The van der Waals surface area contributed by atoms with Crippen LogP contribution in [0.5, 0.6) is 0 Å². The number of likely N-dealkylation sites (tertiary alicyclic amines) is 1. The van der Waals surface area contributed by atoms with Gasteiger partial charge >= 0.3 is 0 Å². The maximum atomic E-state index is 5.58. The lowest BCUT2D eigenvalue weighted by molar-refractivity contribution is 0.296. The third-order valence-corrected chi connectivity index (χ3v) is 3.63. The Kier molecular flexibility index (Phi) is 4.63. The van der Waals surface area contributed by atoms with Crippen LogP contribution in [0.1, 0.15) is 37.7 Å². The van der Waals surface area contributed by atoms with Gasteiger partial charge in [0.1, 0.15) is 11.5 Å². The van der Waals surface area contributed by atoms with Crippen molar-refractivity contribution in [1.82, 2.24) is 10.2 Å². The molecule has 1 unspecified atom stereocenters. The van der Waals surface area contributed by atoms with Gasteiger partial charge in [0.05, 0.1) is 6.54 Å². The van der Waals surface area contributed by atoms with E-state index in [1.807, 2.05) is 13.0 Å². The van der Waals surface area contributed by atoms with Crippen LogP contribution in [-0.2, 0) is 6.54 Å². The number of hydrogen-bond donors (Lipinski definition) is 1. The van der Waals surface area contributed by atoms with Crippen molar-refractivity contribution in [2.75, 3.05) is 19.6 Å². The Bertz CT molecular complexity index is 335. The Labute approximate surface area is 104 Å². The molecular formula is C14H24N2O. The van der Waals surface area contributed by atoms with E-state index >= 15 is 0 Å².